The smallest absolute Gasteiger partial charge is 0.309 e. The first-order valence-electron chi connectivity index (χ1n) is 12.4. The topological polar surface area (TPSA) is 101 Å². The van der Waals surface area contributed by atoms with Gasteiger partial charge in [-0.15, -0.1) is 0 Å². The van der Waals surface area contributed by atoms with Crippen molar-refractivity contribution in [1.29, 1.82) is 0 Å². The fraction of sp³-hybridized carbons (Fsp3) is 0.500. The molecule has 1 heterocycles. The van der Waals surface area contributed by atoms with E-state index in [0.29, 0.717) is 5.75 Å². The monoisotopic (exact) mass is 517 g/mol. The van der Waals surface area contributed by atoms with Crippen molar-refractivity contribution in [2.45, 2.75) is 65.9 Å². The normalized spacial score (nSPS) is 13.4. The summed E-state index contributed by atoms with van der Waals surface area (Å²) in [5.74, 6) is -2.52. The summed E-state index contributed by atoms with van der Waals surface area (Å²) in [6.07, 6.45) is 2.22. The maximum Gasteiger partial charge on any atom is 0.309 e. The minimum Gasteiger partial charge on any atom is -0.496 e. The number of carbonyl (C=O) groups excluding carboxylic acids is 3. The summed E-state index contributed by atoms with van der Waals surface area (Å²) in [5.41, 5.74) is 0.654. The van der Waals surface area contributed by atoms with E-state index in [1.54, 1.807) is 19.9 Å². The maximum absolute atomic E-state index is 13.8. The summed E-state index contributed by atoms with van der Waals surface area (Å²) < 4.78 is 35.5. The largest absolute Gasteiger partial charge is 0.496 e. The van der Waals surface area contributed by atoms with Gasteiger partial charge >= 0.3 is 11.9 Å². The van der Waals surface area contributed by atoms with Crippen molar-refractivity contribution in [3.63, 3.8) is 0 Å². The molecule has 0 saturated carbocycles. The van der Waals surface area contributed by atoms with E-state index in [0.717, 1.165) is 18.4 Å². The number of ketones is 1. The lowest BCUT2D eigenvalue weighted by Crippen LogP contribution is -2.31. The summed E-state index contributed by atoms with van der Waals surface area (Å²) in [6, 6.07) is 5.82. The van der Waals surface area contributed by atoms with Gasteiger partial charge in [0.2, 0.25) is 5.75 Å². The zero-order valence-corrected chi connectivity index (χ0v) is 22.5. The Labute approximate surface area is 217 Å². The number of pyridine rings is 1. The molecule has 202 valence electrons. The van der Waals surface area contributed by atoms with Gasteiger partial charge < -0.3 is 18.9 Å². The molecule has 0 saturated heterocycles. The van der Waals surface area contributed by atoms with E-state index in [-0.39, 0.29) is 35.4 Å². The van der Waals surface area contributed by atoms with Gasteiger partial charge in [0.1, 0.15) is 17.7 Å². The van der Waals surface area contributed by atoms with Crippen molar-refractivity contribution in [3.8, 4) is 17.2 Å². The fourth-order valence-electron chi connectivity index (χ4n) is 4.51. The highest BCUT2D eigenvalue weighted by Crippen LogP contribution is 2.39. The number of aromatic nitrogens is 1. The van der Waals surface area contributed by atoms with Crippen LogP contribution in [0.1, 0.15) is 75.9 Å². The standard InChI is InChI=1S/C28H36FNO7/c1-8-19(9-2)25(21-11-10-20(29)15-24(21)35-7)17(4)36-28(33)16(3)14-22(32)26-27(37-18(5)31)23(34-6)12-13-30-26/h10-13,15-17,19,25H,8-9,14H2,1-7H3/t16-,17+,25-/m1/s1. The second-order valence-electron chi connectivity index (χ2n) is 8.94. The minimum absolute atomic E-state index is 0.0892. The Balaban J connectivity index is 2.25. The molecule has 2 rings (SSSR count). The van der Waals surface area contributed by atoms with E-state index >= 15 is 0 Å². The number of halogens is 1. The number of ether oxygens (including phenoxy) is 4. The van der Waals surface area contributed by atoms with E-state index in [2.05, 4.69) is 18.8 Å². The molecule has 1 aromatic heterocycles. The van der Waals surface area contributed by atoms with Crippen LogP contribution in [0.2, 0.25) is 0 Å². The van der Waals surface area contributed by atoms with Crippen LogP contribution >= 0.6 is 0 Å². The SMILES string of the molecule is CCC(CC)[C@H](c1ccc(F)cc1OC)[C@H](C)OC(=O)[C@H](C)CC(=O)c1nccc(OC)c1OC(C)=O. The van der Waals surface area contributed by atoms with Gasteiger partial charge in [-0.2, -0.15) is 0 Å². The Morgan fingerprint density at radius 2 is 1.65 bits per heavy atom. The summed E-state index contributed by atoms with van der Waals surface area (Å²) in [4.78, 5) is 41.7. The number of rotatable bonds is 13. The highest BCUT2D eigenvalue weighted by Gasteiger charge is 2.33. The average Bonchev–Trinajstić information content (AvgIpc) is 2.86. The third kappa shape index (κ3) is 7.50. The van der Waals surface area contributed by atoms with Crippen LogP contribution in [0, 0.1) is 17.7 Å². The molecular weight excluding hydrogens is 481 g/mol. The lowest BCUT2D eigenvalue weighted by Gasteiger charge is -2.32. The predicted molar refractivity (Wildman–Crippen MR) is 136 cm³/mol. The average molecular weight is 518 g/mol. The van der Waals surface area contributed by atoms with Gasteiger partial charge in [0.15, 0.2) is 17.2 Å². The lowest BCUT2D eigenvalue weighted by atomic mass is 9.79. The summed E-state index contributed by atoms with van der Waals surface area (Å²) in [6.45, 7) is 8.68. The molecule has 9 heteroatoms. The van der Waals surface area contributed by atoms with Gasteiger partial charge in [0, 0.05) is 43.2 Å². The van der Waals surface area contributed by atoms with Crippen molar-refractivity contribution in [3.05, 3.63) is 47.5 Å². The first-order chi connectivity index (χ1) is 17.6. The van der Waals surface area contributed by atoms with E-state index in [9.17, 15) is 18.8 Å². The molecule has 0 bridgehead atoms. The van der Waals surface area contributed by atoms with E-state index in [4.69, 9.17) is 18.9 Å². The van der Waals surface area contributed by atoms with Crippen molar-refractivity contribution in [2.75, 3.05) is 14.2 Å². The van der Waals surface area contributed by atoms with Gasteiger partial charge in [0.05, 0.1) is 20.1 Å². The maximum atomic E-state index is 13.8. The Kier molecular flexibility index (Phi) is 11.0. The molecule has 3 atom stereocenters. The lowest BCUT2D eigenvalue weighted by molar-refractivity contribution is -0.154. The number of methoxy groups -OCH3 is 2. The van der Waals surface area contributed by atoms with Crippen LogP contribution in [0.25, 0.3) is 0 Å². The van der Waals surface area contributed by atoms with Crippen LogP contribution in [0.4, 0.5) is 4.39 Å². The molecule has 0 N–H and O–H groups in total. The Hall–Kier alpha value is -3.49. The van der Waals surface area contributed by atoms with E-state index in [1.165, 1.54) is 45.5 Å². The summed E-state index contributed by atoms with van der Waals surface area (Å²) in [7, 11) is 2.85. The molecule has 8 nitrogen and oxygen atoms in total. The second-order valence-corrected chi connectivity index (χ2v) is 8.94. The Morgan fingerprint density at radius 1 is 1.00 bits per heavy atom. The molecule has 0 amide bonds. The van der Waals surface area contributed by atoms with Gasteiger partial charge in [-0.25, -0.2) is 9.37 Å². The third-order valence-corrected chi connectivity index (χ3v) is 6.41. The molecule has 0 spiro atoms. The molecule has 37 heavy (non-hydrogen) atoms. The van der Waals surface area contributed by atoms with Gasteiger partial charge in [0.25, 0.3) is 0 Å². The van der Waals surface area contributed by atoms with Crippen molar-refractivity contribution in [1.82, 2.24) is 4.98 Å². The highest BCUT2D eigenvalue weighted by molar-refractivity contribution is 5.99. The van der Waals surface area contributed by atoms with Crippen molar-refractivity contribution < 1.29 is 37.7 Å². The molecule has 1 aromatic carbocycles. The first kappa shape index (κ1) is 29.7. The third-order valence-electron chi connectivity index (χ3n) is 6.41. The molecular formula is C28H36FNO7. The molecule has 0 aliphatic rings. The molecule has 0 aliphatic carbocycles. The van der Waals surface area contributed by atoms with Crippen LogP contribution < -0.4 is 14.2 Å². The number of hydrogen-bond acceptors (Lipinski definition) is 8. The fourth-order valence-corrected chi connectivity index (χ4v) is 4.51. The first-order valence-corrected chi connectivity index (χ1v) is 12.4. The minimum atomic E-state index is -0.800. The number of esters is 2. The number of benzene rings is 1. The van der Waals surface area contributed by atoms with E-state index in [1.807, 2.05) is 0 Å². The van der Waals surface area contributed by atoms with E-state index < -0.39 is 35.6 Å². The predicted octanol–water partition coefficient (Wildman–Crippen LogP) is 5.52. The number of hydrogen-bond donors (Lipinski definition) is 0. The molecule has 2 aromatic rings. The highest BCUT2D eigenvalue weighted by atomic mass is 19.1. The van der Waals surface area contributed by atoms with Crippen molar-refractivity contribution >= 4 is 17.7 Å². The molecule has 0 radical (unpaired) electrons. The number of carbonyl (C=O) groups is 3. The number of Topliss-reactive ketones (excluding diaryl/α,β-unsaturated/α-hetero) is 1. The van der Waals surface area contributed by atoms with Crippen LogP contribution in [0.3, 0.4) is 0 Å². The molecule has 0 fully saturated rings. The summed E-state index contributed by atoms with van der Waals surface area (Å²) in [5, 5.41) is 0. The zero-order valence-electron chi connectivity index (χ0n) is 22.5. The molecule has 0 aliphatic heterocycles. The van der Waals surface area contributed by atoms with Crippen LogP contribution in [-0.2, 0) is 14.3 Å². The van der Waals surface area contributed by atoms with Crippen LogP contribution in [0.5, 0.6) is 17.2 Å². The number of nitrogens with zero attached hydrogens (tertiary/aromatic N) is 1. The van der Waals surface area contributed by atoms with Gasteiger partial charge in [-0.3, -0.25) is 14.4 Å². The van der Waals surface area contributed by atoms with Crippen LogP contribution in [0.15, 0.2) is 30.5 Å². The Bertz CT molecular complexity index is 1100. The quantitative estimate of drug-likeness (QED) is 0.253. The van der Waals surface area contributed by atoms with Gasteiger partial charge in [-0.05, 0) is 18.9 Å². The van der Waals surface area contributed by atoms with Crippen LogP contribution in [-0.4, -0.2) is 43.0 Å². The molecule has 0 unspecified atom stereocenters. The second kappa shape index (κ2) is 13.7. The summed E-state index contributed by atoms with van der Waals surface area (Å²) >= 11 is 0. The zero-order chi connectivity index (χ0) is 27.7. The van der Waals surface area contributed by atoms with Crippen molar-refractivity contribution in [2.24, 2.45) is 11.8 Å². The Morgan fingerprint density at radius 3 is 2.22 bits per heavy atom. The van der Waals surface area contributed by atoms with Gasteiger partial charge in [-0.1, -0.05) is 39.7 Å².